The van der Waals surface area contributed by atoms with Crippen LogP contribution in [-0.4, -0.2) is 51.4 Å². The van der Waals surface area contributed by atoms with Crippen LogP contribution in [0.3, 0.4) is 0 Å². The van der Waals surface area contributed by atoms with E-state index >= 15 is 0 Å². The van der Waals surface area contributed by atoms with Gasteiger partial charge in [-0.05, 0) is 38.8 Å². The van der Waals surface area contributed by atoms with Gasteiger partial charge < -0.3 is 20.3 Å². The van der Waals surface area contributed by atoms with Gasteiger partial charge in [0.1, 0.15) is 0 Å². The van der Waals surface area contributed by atoms with Gasteiger partial charge in [-0.15, -0.1) is 24.0 Å². The predicted octanol–water partition coefficient (Wildman–Crippen LogP) is 2.87. The van der Waals surface area contributed by atoms with Gasteiger partial charge in [-0.1, -0.05) is 18.2 Å². The molecule has 0 spiro atoms. The van der Waals surface area contributed by atoms with Crippen molar-refractivity contribution >= 4 is 35.6 Å². The molecule has 0 amide bonds. The van der Waals surface area contributed by atoms with E-state index in [1.807, 2.05) is 6.07 Å². The van der Waals surface area contributed by atoms with E-state index in [0.717, 1.165) is 45.0 Å². The van der Waals surface area contributed by atoms with Crippen molar-refractivity contribution in [1.29, 1.82) is 0 Å². The number of rotatable bonds is 7. The lowest BCUT2D eigenvalue weighted by atomic mass is 10.0. The maximum atomic E-state index is 5.80. The molecule has 0 radical (unpaired) electrons. The summed E-state index contributed by atoms with van der Waals surface area (Å²) in [6, 6.07) is 10.4. The van der Waals surface area contributed by atoms with Gasteiger partial charge in [0, 0.05) is 39.0 Å². The van der Waals surface area contributed by atoms with Gasteiger partial charge in [-0.25, -0.2) is 0 Å². The molecule has 1 aliphatic heterocycles. The van der Waals surface area contributed by atoms with E-state index in [4.69, 9.17) is 4.74 Å². The highest BCUT2D eigenvalue weighted by atomic mass is 127. The fraction of sp³-hybridized carbons (Fsp3) is 0.611. The van der Waals surface area contributed by atoms with Crippen LogP contribution < -0.4 is 15.5 Å². The Kier molecular flexibility index (Phi) is 9.43. The number of nitrogens with one attached hydrogen (secondary N) is 2. The number of hydrogen-bond acceptors (Lipinski definition) is 3. The van der Waals surface area contributed by atoms with E-state index in [-0.39, 0.29) is 29.6 Å². The first-order valence-corrected chi connectivity index (χ1v) is 8.55. The van der Waals surface area contributed by atoms with E-state index < -0.39 is 0 Å². The Morgan fingerprint density at radius 1 is 1.29 bits per heavy atom. The molecular weight excluding hydrogens is 415 g/mol. The van der Waals surface area contributed by atoms with E-state index in [1.165, 1.54) is 5.69 Å². The van der Waals surface area contributed by atoms with E-state index in [2.05, 4.69) is 65.7 Å². The predicted molar refractivity (Wildman–Crippen MR) is 113 cm³/mol. The lowest BCUT2D eigenvalue weighted by Gasteiger charge is -2.22. The summed E-state index contributed by atoms with van der Waals surface area (Å²) < 4.78 is 5.80. The average Bonchev–Trinajstić information content (AvgIpc) is 3.00. The molecule has 0 aromatic heterocycles. The number of guanidine groups is 1. The number of ether oxygens (including phenoxy) is 1. The smallest absolute Gasteiger partial charge is 0.191 e. The van der Waals surface area contributed by atoms with Crippen molar-refractivity contribution in [1.82, 2.24) is 10.6 Å². The Hall–Kier alpha value is -1.02. The summed E-state index contributed by atoms with van der Waals surface area (Å²) in [6.07, 6.45) is 2.23. The fourth-order valence-corrected chi connectivity index (χ4v) is 2.70. The van der Waals surface area contributed by atoms with Crippen LogP contribution in [0.25, 0.3) is 0 Å². The second kappa shape index (κ2) is 10.8. The zero-order valence-corrected chi connectivity index (χ0v) is 17.4. The van der Waals surface area contributed by atoms with Crippen LogP contribution in [0.15, 0.2) is 35.3 Å². The highest BCUT2D eigenvalue weighted by Crippen LogP contribution is 2.24. The van der Waals surface area contributed by atoms with Gasteiger partial charge in [-0.3, -0.25) is 4.99 Å². The average molecular weight is 446 g/mol. The molecule has 5 nitrogen and oxygen atoms in total. The van der Waals surface area contributed by atoms with Crippen LogP contribution in [0.5, 0.6) is 0 Å². The number of para-hydroxylation sites is 1. The summed E-state index contributed by atoms with van der Waals surface area (Å²) in [5.41, 5.74) is 1.13. The first-order valence-electron chi connectivity index (χ1n) is 8.55. The molecule has 136 valence electrons. The van der Waals surface area contributed by atoms with Crippen molar-refractivity contribution in [3.63, 3.8) is 0 Å². The fourth-order valence-electron chi connectivity index (χ4n) is 2.70. The summed E-state index contributed by atoms with van der Waals surface area (Å²) >= 11 is 0. The molecule has 6 heteroatoms. The summed E-state index contributed by atoms with van der Waals surface area (Å²) in [5, 5.41) is 6.71. The Balaban J connectivity index is 0.00000288. The van der Waals surface area contributed by atoms with Crippen LogP contribution in [0, 0.1) is 0 Å². The van der Waals surface area contributed by atoms with Crippen molar-refractivity contribution in [3.8, 4) is 0 Å². The maximum Gasteiger partial charge on any atom is 0.191 e. The van der Waals surface area contributed by atoms with E-state index in [9.17, 15) is 0 Å². The van der Waals surface area contributed by atoms with Crippen LogP contribution in [0.1, 0.15) is 26.7 Å². The molecule has 1 aromatic rings. The normalized spacial score (nSPS) is 20.4. The zero-order chi connectivity index (χ0) is 16.5. The number of halogens is 1. The molecule has 24 heavy (non-hydrogen) atoms. The van der Waals surface area contributed by atoms with Gasteiger partial charge in [0.05, 0.1) is 12.1 Å². The molecule has 1 saturated heterocycles. The SMILES string of the molecule is CCNC(=NCC1(C)CCCO1)NCCN(C)c1ccccc1.I. The Bertz CT molecular complexity index is 489. The molecule has 2 rings (SSSR count). The van der Waals surface area contributed by atoms with Crippen molar-refractivity contribution in [2.75, 3.05) is 44.7 Å². The summed E-state index contributed by atoms with van der Waals surface area (Å²) in [5.74, 6) is 0.866. The summed E-state index contributed by atoms with van der Waals surface area (Å²) in [4.78, 5) is 6.92. The van der Waals surface area contributed by atoms with Gasteiger partial charge in [0.25, 0.3) is 0 Å². The molecule has 1 atom stereocenters. The summed E-state index contributed by atoms with van der Waals surface area (Å²) in [7, 11) is 2.11. The monoisotopic (exact) mass is 446 g/mol. The molecule has 0 aliphatic carbocycles. The highest BCUT2D eigenvalue weighted by molar-refractivity contribution is 14.0. The first kappa shape index (κ1) is 21.0. The molecule has 1 unspecified atom stereocenters. The minimum Gasteiger partial charge on any atom is -0.373 e. The van der Waals surface area contributed by atoms with E-state index in [0.29, 0.717) is 6.54 Å². The topological polar surface area (TPSA) is 48.9 Å². The number of hydrogen-bond donors (Lipinski definition) is 2. The quantitative estimate of drug-likeness (QED) is 0.384. The summed E-state index contributed by atoms with van der Waals surface area (Å²) in [6.45, 7) is 8.42. The largest absolute Gasteiger partial charge is 0.373 e. The van der Waals surface area contributed by atoms with Crippen LogP contribution >= 0.6 is 24.0 Å². The second-order valence-corrected chi connectivity index (χ2v) is 6.28. The standard InChI is InChI=1S/C18H30N4O.HI/c1-4-19-17(21-15-18(2)11-8-14-23-18)20-12-13-22(3)16-9-6-5-7-10-16;/h5-7,9-10H,4,8,11-15H2,1-3H3,(H2,19,20,21);1H. The molecule has 1 aliphatic rings. The number of aliphatic imine (C=N–C) groups is 1. The van der Waals surface area contributed by atoms with Gasteiger partial charge in [0.15, 0.2) is 5.96 Å². The Morgan fingerprint density at radius 2 is 2.04 bits per heavy atom. The van der Waals surface area contributed by atoms with Crippen molar-refractivity contribution < 1.29 is 4.74 Å². The zero-order valence-electron chi connectivity index (χ0n) is 15.0. The third-order valence-electron chi connectivity index (χ3n) is 4.15. The van der Waals surface area contributed by atoms with Gasteiger partial charge >= 0.3 is 0 Å². The van der Waals surface area contributed by atoms with Crippen LogP contribution in [-0.2, 0) is 4.74 Å². The molecular formula is C18H31IN4O. The lowest BCUT2D eigenvalue weighted by Crippen LogP contribution is -2.42. The number of anilines is 1. The first-order chi connectivity index (χ1) is 11.1. The van der Waals surface area contributed by atoms with Gasteiger partial charge in [-0.2, -0.15) is 0 Å². The third-order valence-corrected chi connectivity index (χ3v) is 4.15. The molecule has 1 fully saturated rings. The lowest BCUT2D eigenvalue weighted by molar-refractivity contribution is 0.0283. The second-order valence-electron chi connectivity index (χ2n) is 6.28. The van der Waals surface area contributed by atoms with Crippen molar-refractivity contribution in [3.05, 3.63) is 30.3 Å². The highest BCUT2D eigenvalue weighted by Gasteiger charge is 2.29. The molecule has 1 aromatic carbocycles. The van der Waals surface area contributed by atoms with E-state index in [1.54, 1.807) is 0 Å². The Morgan fingerprint density at radius 3 is 2.67 bits per heavy atom. The van der Waals surface area contributed by atoms with Gasteiger partial charge in [0.2, 0.25) is 0 Å². The Labute approximate surface area is 163 Å². The van der Waals surface area contributed by atoms with Crippen molar-refractivity contribution in [2.45, 2.75) is 32.3 Å². The number of likely N-dealkylation sites (N-methyl/N-ethyl adjacent to an activating group) is 1. The van der Waals surface area contributed by atoms with Crippen LogP contribution in [0.4, 0.5) is 5.69 Å². The minimum absolute atomic E-state index is 0. The number of benzene rings is 1. The minimum atomic E-state index is -0.0941. The molecule has 0 bridgehead atoms. The third kappa shape index (κ3) is 6.84. The maximum absolute atomic E-state index is 5.80. The van der Waals surface area contributed by atoms with Crippen LogP contribution in [0.2, 0.25) is 0 Å². The van der Waals surface area contributed by atoms with Crippen molar-refractivity contribution in [2.24, 2.45) is 4.99 Å². The number of nitrogens with zero attached hydrogens (tertiary/aromatic N) is 2. The molecule has 0 saturated carbocycles. The molecule has 2 N–H and O–H groups in total. The molecule has 1 heterocycles.